The van der Waals surface area contributed by atoms with Crippen LogP contribution in [0.15, 0.2) is 54.6 Å². The topological polar surface area (TPSA) is 68.1 Å². The molecule has 4 aromatic rings. The molecular weight excluding hydrogens is 408 g/mol. The van der Waals surface area contributed by atoms with E-state index in [0.717, 1.165) is 33.8 Å². The summed E-state index contributed by atoms with van der Waals surface area (Å²) in [4.78, 5) is 33.0. The number of nitrogens with zero attached hydrogens (tertiary/aromatic N) is 4. The van der Waals surface area contributed by atoms with Crippen molar-refractivity contribution in [1.82, 2.24) is 19.7 Å². The Hall–Kier alpha value is -3.32. The molecular formula is C24H22N4O2S. The predicted molar refractivity (Wildman–Crippen MR) is 121 cm³/mol. The molecule has 0 saturated carbocycles. The maximum atomic E-state index is 13.3. The molecule has 0 unspecified atom stereocenters. The Morgan fingerprint density at radius 2 is 1.77 bits per heavy atom. The third-order valence-corrected chi connectivity index (χ3v) is 6.96. The number of amides is 1. The molecule has 156 valence electrons. The molecule has 0 N–H and O–H groups in total. The van der Waals surface area contributed by atoms with Crippen LogP contribution in [0.4, 0.5) is 0 Å². The molecule has 2 aromatic carbocycles. The van der Waals surface area contributed by atoms with Gasteiger partial charge in [-0.15, -0.1) is 11.3 Å². The number of aromatic nitrogens is 3. The molecule has 5 rings (SSSR count). The first-order valence-corrected chi connectivity index (χ1v) is 11.2. The van der Waals surface area contributed by atoms with E-state index < -0.39 is 11.7 Å². The van der Waals surface area contributed by atoms with Gasteiger partial charge in [-0.3, -0.25) is 9.59 Å². The van der Waals surface area contributed by atoms with Gasteiger partial charge in [0, 0.05) is 6.54 Å². The van der Waals surface area contributed by atoms with E-state index in [0.29, 0.717) is 23.5 Å². The minimum absolute atomic E-state index is 0.154. The molecule has 1 saturated heterocycles. The Balaban J connectivity index is 1.46. The van der Waals surface area contributed by atoms with Crippen LogP contribution >= 0.6 is 11.3 Å². The fourth-order valence-electron chi connectivity index (χ4n) is 4.33. The number of likely N-dealkylation sites (tertiary alicyclic amines) is 1. The van der Waals surface area contributed by atoms with Crippen molar-refractivity contribution in [2.45, 2.75) is 32.7 Å². The molecule has 0 radical (unpaired) electrons. The van der Waals surface area contributed by atoms with Gasteiger partial charge < -0.3 is 4.90 Å². The van der Waals surface area contributed by atoms with Crippen LogP contribution < -0.4 is 0 Å². The van der Waals surface area contributed by atoms with Gasteiger partial charge in [-0.25, -0.2) is 9.67 Å². The Kier molecular flexibility index (Phi) is 4.90. The third-order valence-electron chi connectivity index (χ3n) is 5.82. The smallest absolute Gasteiger partial charge is 0.295 e. The van der Waals surface area contributed by atoms with Crippen molar-refractivity contribution in [2.75, 3.05) is 6.54 Å². The van der Waals surface area contributed by atoms with Crippen LogP contribution in [0.1, 0.15) is 45.6 Å². The summed E-state index contributed by atoms with van der Waals surface area (Å²) < 4.78 is 2.82. The monoisotopic (exact) mass is 430 g/mol. The number of rotatable bonds is 4. The molecule has 1 amide bonds. The van der Waals surface area contributed by atoms with Gasteiger partial charge in [0.15, 0.2) is 0 Å². The number of carbonyl (C=O) groups is 2. The van der Waals surface area contributed by atoms with Gasteiger partial charge in [-0.2, -0.15) is 5.10 Å². The van der Waals surface area contributed by atoms with Gasteiger partial charge in [0.1, 0.15) is 5.01 Å². The highest BCUT2D eigenvalue weighted by molar-refractivity contribution is 7.18. The average molecular weight is 431 g/mol. The zero-order valence-corrected chi connectivity index (χ0v) is 18.2. The lowest BCUT2D eigenvalue weighted by Gasteiger charge is -2.22. The van der Waals surface area contributed by atoms with Gasteiger partial charge >= 0.3 is 0 Å². The van der Waals surface area contributed by atoms with E-state index in [-0.39, 0.29) is 6.04 Å². The van der Waals surface area contributed by atoms with Gasteiger partial charge in [-0.05, 0) is 51.0 Å². The first kappa shape index (κ1) is 19.6. The molecule has 1 aliphatic rings. The van der Waals surface area contributed by atoms with Crippen LogP contribution in [0.3, 0.4) is 0 Å². The van der Waals surface area contributed by atoms with E-state index in [1.54, 1.807) is 27.8 Å². The number of thiazole rings is 1. The number of aryl methyl sites for hydroxylation is 1. The van der Waals surface area contributed by atoms with Crippen molar-refractivity contribution in [3.05, 3.63) is 76.6 Å². The van der Waals surface area contributed by atoms with Crippen molar-refractivity contribution in [2.24, 2.45) is 0 Å². The molecule has 0 bridgehead atoms. The highest BCUT2D eigenvalue weighted by atomic mass is 32.1. The summed E-state index contributed by atoms with van der Waals surface area (Å²) in [5.74, 6) is -0.967. The highest BCUT2D eigenvalue weighted by Gasteiger charge is 2.37. The van der Waals surface area contributed by atoms with Crippen LogP contribution in [0.25, 0.3) is 15.9 Å². The summed E-state index contributed by atoms with van der Waals surface area (Å²) in [6.07, 6.45) is 1.68. The normalized spacial score (nSPS) is 16.2. The number of fused-ring (bicyclic) bond motifs is 1. The van der Waals surface area contributed by atoms with E-state index in [4.69, 9.17) is 4.98 Å². The lowest BCUT2D eigenvalue weighted by molar-refractivity contribution is -0.127. The van der Waals surface area contributed by atoms with Crippen molar-refractivity contribution < 1.29 is 9.59 Å². The van der Waals surface area contributed by atoms with Crippen LogP contribution in [0.5, 0.6) is 0 Å². The zero-order chi connectivity index (χ0) is 21.5. The predicted octanol–water partition coefficient (Wildman–Crippen LogP) is 4.65. The number of benzene rings is 2. The number of hydrogen-bond donors (Lipinski definition) is 0. The fraction of sp³-hybridized carbons (Fsp3) is 0.250. The van der Waals surface area contributed by atoms with Crippen LogP contribution in [-0.2, 0) is 4.79 Å². The van der Waals surface area contributed by atoms with Crippen molar-refractivity contribution >= 4 is 33.2 Å². The second-order valence-electron chi connectivity index (χ2n) is 7.80. The van der Waals surface area contributed by atoms with E-state index in [9.17, 15) is 9.59 Å². The SMILES string of the molecule is Cc1nn(-c2ccccc2)c(C)c1C(=O)C(=O)N1CCC[C@@H]1c1nc2ccccc2s1. The Morgan fingerprint density at radius 3 is 2.55 bits per heavy atom. The number of para-hydroxylation sites is 2. The number of ketones is 1. The number of carbonyl (C=O) groups excluding carboxylic acids is 2. The van der Waals surface area contributed by atoms with Crippen molar-refractivity contribution in [3.63, 3.8) is 0 Å². The molecule has 7 heteroatoms. The fourth-order valence-corrected chi connectivity index (χ4v) is 5.44. The summed E-state index contributed by atoms with van der Waals surface area (Å²) in [5.41, 5.74) is 3.43. The second-order valence-corrected chi connectivity index (χ2v) is 8.86. The zero-order valence-electron chi connectivity index (χ0n) is 17.4. The van der Waals surface area contributed by atoms with E-state index in [1.807, 2.05) is 61.5 Å². The molecule has 1 aliphatic heterocycles. The summed E-state index contributed by atoms with van der Waals surface area (Å²) in [7, 11) is 0. The van der Waals surface area contributed by atoms with Gasteiger partial charge in [0.25, 0.3) is 11.7 Å². The maximum absolute atomic E-state index is 13.3. The molecule has 31 heavy (non-hydrogen) atoms. The lowest BCUT2D eigenvalue weighted by Crippen LogP contribution is -2.36. The first-order chi connectivity index (χ1) is 15.0. The summed E-state index contributed by atoms with van der Waals surface area (Å²) in [5, 5.41) is 5.43. The molecule has 1 atom stereocenters. The third kappa shape index (κ3) is 3.35. The standard InChI is InChI=1S/C24H22N4O2S/c1-15-21(16(2)28(26-15)17-9-4-3-5-10-17)22(29)24(30)27-14-8-12-19(27)23-25-18-11-6-7-13-20(18)31-23/h3-7,9-11,13,19H,8,12,14H2,1-2H3/t19-/m1/s1. The second kappa shape index (κ2) is 7.74. The molecule has 0 aliphatic carbocycles. The van der Waals surface area contributed by atoms with Gasteiger partial charge in [0.05, 0.1) is 38.9 Å². The highest BCUT2D eigenvalue weighted by Crippen LogP contribution is 2.37. The number of Topliss-reactive ketones (excluding diaryl/α,β-unsaturated/α-hetero) is 1. The van der Waals surface area contributed by atoms with E-state index in [1.165, 1.54) is 0 Å². The molecule has 3 heterocycles. The maximum Gasteiger partial charge on any atom is 0.295 e. The largest absolute Gasteiger partial charge is 0.326 e. The average Bonchev–Trinajstić information content (AvgIpc) is 3.50. The van der Waals surface area contributed by atoms with E-state index in [2.05, 4.69) is 5.10 Å². The summed E-state index contributed by atoms with van der Waals surface area (Å²) in [6, 6.07) is 17.4. The number of hydrogen-bond acceptors (Lipinski definition) is 5. The van der Waals surface area contributed by atoms with Crippen LogP contribution in [0, 0.1) is 13.8 Å². The first-order valence-electron chi connectivity index (χ1n) is 10.4. The lowest BCUT2D eigenvalue weighted by atomic mass is 10.1. The van der Waals surface area contributed by atoms with Crippen LogP contribution in [0.2, 0.25) is 0 Å². The molecule has 6 nitrogen and oxygen atoms in total. The Bertz CT molecular complexity index is 1260. The van der Waals surface area contributed by atoms with Gasteiger partial charge in [0.2, 0.25) is 0 Å². The quantitative estimate of drug-likeness (QED) is 0.349. The van der Waals surface area contributed by atoms with Crippen molar-refractivity contribution in [1.29, 1.82) is 0 Å². The summed E-state index contributed by atoms with van der Waals surface area (Å²) >= 11 is 1.60. The molecule has 2 aromatic heterocycles. The Morgan fingerprint density at radius 1 is 1.03 bits per heavy atom. The van der Waals surface area contributed by atoms with Gasteiger partial charge in [-0.1, -0.05) is 30.3 Å². The minimum atomic E-state index is -0.495. The van der Waals surface area contributed by atoms with Crippen LogP contribution in [-0.4, -0.2) is 37.9 Å². The Labute approximate surface area is 184 Å². The summed E-state index contributed by atoms with van der Waals surface area (Å²) in [6.45, 7) is 4.18. The molecule has 1 fully saturated rings. The minimum Gasteiger partial charge on any atom is -0.326 e. The van der Waals surface area contributed by atoms with E-state index >= 15 is 0 Å². The molecule has 0 spiro atoms. The van der Waals surface area contributed by atoms with Crippen molar-refractivity contribution in [3.8, 4) is 5.69 Å².